The van der Waals surface area contributed by atoms with Gasteiger partial charge in [-0.25, -0.2) is 9.78 Å². The molecule has 2 rings (SSSR count). The summed E-state index contributed by atoms with van der Waals surface area (Å²) in [4.78, 5) is 15.7. The number of aromatic carboxylic acids is 1. The predicted octanol–water partition coefficient (Wildman–Crippen LogP) is 1.11. The van der Waals surface area contributed by atoms with Gasteiger partial charge < -0.3 is 10.8 Å². The summed E-state index contributed by atoms with van der Waals surface area (Å²) in [5.41, 5.74) is 6.58. The minimum Gasteiger partial charge on any atom is -0.477 e. The highest BCUT2D eigenvalue weighted by molar-refractivity contribution is 7.15. The highest BCUT2D eigenvalue weighted by atomic mass is 32.1. The molecular weight excluding hydrogens is 202 g/mol. The monoisotopic (exact) mass is 211 g/mol. The first-order valence-corrected chi connectivity index (χ1v) is 4.93. The lowest BCUT2D eigenvalue weighted by Gasteiger charge is -1.96. The molecule has 0 aliphatic carbocycles. The van der Waals surface area contributed by atoms with Gasteiger partial charge in [0.15, 0.2) is 4.96 Å². The van der Waals surface area contributed by atoms with Crippen molar-refractivity contribution in [2.75, 3.05) is 0 Å². The van der Waals surface area contributed by atoms with Gasteiger partial charge in [-0.1, -0.05) is 0 Å². The van der Waals surface area contributed by atoms with Gasteiger partial charge in [0.2, 0.25) is 0 Å². The van der Waals surface area contributed by atoms with E-state index in [1.807, 2.05) is 6.92 Å². The van der Waals surface area contributed by atoms with Gasteiger partial charge in [0.1, 0.15) is 5.69 Å². The third-order valence-electron chi connectivity index (χ3n) is 1.91. The Labute approximate surface area is 83.8 Å². The molecule has 3 N–H and O–H groups in total. The van der Waals surface area contributed by atoms with Crippen LogP contribution in [0.1, 0.15) is 29.1 Å². The number of hydrogen-bond acceptors (Lipinski definition) is 4. The molecule has 2 aromatic rings. The molecule has 0 aliphatic heterocycles. The number of hydrogen-bond donors (Lipinski definition) is 2. The van der Waals surface area contributed by atoms with E-state index in [0.29, 0.717) is 10.7 Å². The largest absolute Gasteiger partial charge is 0.477 e. The van der Waals surface area contributed by atoms with Crippen molar-refractivity contribution in [1.82, 2.24) is 9.38 Å². The maximum atomic E-state index is 10.8. The summed E-state index contributed by atoms with van der Waals surface area (Å²) in [5, 5.41) is 10.4. The number of imidazole rings is 1. The zero-order valence-corrected chi connectivity index (χ0v) is 8.28. The molecule has 0 aliphatic rings. The average Bonchev–Trinajstić information content (AvgIpc) is 2.58. The molecule has 2 aromatic heterocycles. The van der Waals surface area contributed by atoms with Crippen molar-refractivity contribution < 1.29 is 9.90 Å². The minimum absolute atomic E-state index is 0.177. The van der Waals surface area contributed by atoms with Crippen molar-refractivity contribution in [2.24, 2.45) is 5.73 Å². The Morgan fingerprint density at radius 3 is 3.07 bits per heavy atom. The van der Waals surface area contributed by atoms with E-state index in [0.717, 1.165) is 0 Å². The molecule has 0 fully saturated rings. The smallest absolute Gasteiger partial charge is 0.353 e. The number of thiazole rings is 1. The maximum absolute atomic E-state index is 10.8. The first kappa shape index (κ1) is 9.17. The molecule has 0 saturated carbocycles. The van der Waals surface area contributed by atoms with Gasteiger partial charge in [0.25, 0.3) is 0 Å². The number of rotatable bonds is 2. The fourth-order valence-corrected chi connectivity index (χ4v) is 2.03. The molecule has 1 unspecified atom stereocenters. The molecule has 14 heavy (non-hydrogen) atoms. The van der Waals surface area contributed by atoms with Gasteiger partial charge in [-0.15, -0.1) is 11.3 Å². The van der Waals surface area contributed by atoms with Gasteiger partial charge in [0, 0.05) is 17.6 Å². The zero-order valence-electron chi connectivity index (χ0n) is 7.47. The van der Waals surface area contributed by atoms with Gasteiger partial charge in [0.05, 0.1) is 5.69 Å². The van der Waals surface area contributed by atoms with Crippen LogP contribution >= 0.6 is 11.3 Å². The van der Waals surface area contributed by atoms with Crippen LogP contribution in [0.5, 0.6) is 0 Å². The normalized spacial score (nSPS) is 13.3. The number of nitrogens with two attached hydrogens (primary N) is 1. The molecule has 0 aromatic carbocycles. The van der Waals surface area contributed by atoms with Gasteiger partial charge in [-0.2, -0.15) is 0 Å². The first-order valence-electron chi connectivity index (χ1n) is 4.05. The molecule has 5 nitrogen and oxygen atoms in total. The summed E-state index contributed by atoms with van der Waals surface area (Å²) in [7, 11) is 0. The van der Waals surface area contributed by atoms with E-state index in [4.69, 9.17) is 10.8 Å². The van der Waals surface area contributed by atoms with Crippen LogP contribution in [0.2, 0.25) is 0 Å². The van der Waals surface area contributed by atoms with Crippen LogP contribution in [0.25, 0.3) is 4.96 Å². The SMILES string of the molecule is CC(N)c1cn2c(C(=O)O)csc2n1. The van der Waals surface area contributed by atoms with Crippen LogP contribution in [0, 0.1) is 0 Å². The predicted molar refractivity (Wildman–Crippen MR) is 52.6 cm³/mol. The number of nitrogens with zero attached hydrogens (tertiary/aromatic N) is 2. The molecule has 6 heteroatoms. The number of carbonyl (C=O) groups is 1. The lowest BCUT2D eigenvalue weighted by Crippen LogP contribution is -2.05. The number of aromatic nitrogens is 2. The number of fused-ring (bicyclic) bond motifs is 1. The van der Waals surface area contributed by atoms with Crippen molar-refractivity contribution in [3.63, 3.8) is 0 Å². The first-order chi connectivity index (χ1) is 6.59. The molecule has 1 atom stereocenters. The van der Waals surface area contributed by atoms with Crippen LogP contribution in [-0.2, 0) is 0 Å². The van der Waals surface area contributed by atoms with E-state index in [9.17, 15) is 4.79 Å². The summed E-state index contributed by atoms with van der Waals surface area (Å²) in [6.07, 6.45) is 1.67. The Kier molecular flexibility index (Phi) is 2.01. The van der Waals surface area contributed by atoms with Crippen molar-refractivity contribution in [3.8, 4) is 0 Å². The highest BCUT2D eigenvalue weighted by Crippen LogP contribution is 2.18. The van der Waals surface area contributed by atoms with E-state index in [2.05, 4.69) is 4.98 Å². The summed E-state index contributed by atoms with van der Waals surface area (Å²) < 4.78 is 1.55. The van der Waals surface area contributed by atoms with Gasteiger partial charge >= 0.3 is 5.97 Å². The zero-order chi connectivity index (χ0) is 10.3. The lowest BCUT2D eigenvalue weighted by atomic mass is 10.3. The lowest BCUT2D eigenvalue weighted by molar-refractivity contribution is 0.0689. The highest BCUT2D eigenvalue weighted by Gasteiger charge is 2.14. The molecule has 0 bridgehead atoms. The number of carboxylic acids is 1. The number of carboxylic acid groups (broad SMARTS) is 1. The fraction of sp³-hybridized carbons (Fsp3) is 0.250. The van der Waals surface area contributed by atoms with Crippen LogP contribution in [0.4, 0.5) is 0 Å². The van der Waals surface area contributed by atoms with Gasteiger partial charge in [-0.3, -0.25) is 4.40 Å². The molecule has 2 heterocycles. The fourth-order valence-electron chi connectivity index (χ4n) is 1.17. The Balaban J connectivity index is 2.61. The van der Waals surface area contributed by atoms with E-state index in [1.165, 1.54) is 11.3 Å². The topological polar surface area (TPSA) is 80.6 Å². The molecule has 74 valence electrons. The van der Waals surface area contributed by atoms with Crippen LogP contribution in [0.3, 0.4) is 0 Å². The molecule has 0 saturated heterocycles. The van der Waals surface area contributed by atoms with Crippen LogP contribution in [0.15, 0.2) is 11.6 Å². The van der Waals surface area contributed by atoms with Crippen LogP contribution in [-0.4, -0.2) is 20.5 Å². The summed E-state index contributed by atoms with van der Waals surface area (Å²) in [6.45, 7) is 1.81. The van der Waals surface area contributed by atoms with Crippen LogP contribution < -0.4 is 5.73 Å². The van der Waals surface area contributed by atoms with Gasteiger partial charge in [-0.05, 0) is 6.92 Å². The average molecular weight is 211 g/mol. The van der Waals surface area contributed by atoms with Crippen molar-refractivity contribution in [1.29, 1.82) is 0 Å². The Morgan fingerprint density at radius 2 is 2.50 bits per heavy atom. The third-order valence-corrected chi connectivity index (χ3v) is 2.75. The minimum atomic E-state index is -0.954. The third kappa shape index (κ3) is 1.28. The van der Waals surface area contributed by atoms with E-state index < -0.39 is 5.97 Å². The molecular formula is C8H9N3O2S. The standard InChI is InChI=1S/C8H9N3O2S/c1-4(9)5-2-11-6(7(12)13)3-14-8(11)10-5/h2-4H,9H2,1H3,(H,12,13). The quantitative estimate of drug-likeness (QED) is 0.779. The summed E-state index contributed by atoms with van der Waals surface area (Å²) in [6, 6.07) is -0.177. The molecule has 0 radical (unpaired) electrons. The molecule has 0 spiro atoms. The summed E-state index contributed by atoms with van der Waals surface area (Å²) >= 11 is 1.30. The Hall–Kier alpha value is -1.40. The van der Waals surface area contributed by atoms with E-state index in [1.54, 1.807) is 16.0 Å². The van der Waals surface area contributed by atoms with Crippen molar-refractivity contribution in [3.05, 3.63) is 23.0 Å². The maximum Gasteiger partial charge on any atom is 0.353 e. The summed E-state index contributed by atoms with van der Waals surface area (Å²) in [5.74, 6) is -0.954. The second kappa shape index (κ2) is 3.07. The van der Waals surface area contributed by atoms with E-state index >= 15 is 0 Å². The second-order valence-corrected chi connectivity index (χ2v) is 3.87. The Bertz CT molecular complexity index is 486. The Morgan fingerprint density at radius 1 is 1.79 bits per heavy atom. The second-order valence-electron chi connectivity index (χ2n) is 3.03. The van der Waals surface area contributed by atoms with Crippen molar-refractivity contribution in [2.45, 2.75) is 13.0 Å². The van der Waals surface area contributed by atoms with Crippen molar-refractivity contribution >= 4 is 22.3 Å². The van der Waals surface area contributed by atoms with E-state index in [-0.39, 0.29) is 11.7 Å². The molecule has 0 amide bonds.